The normalized spacial score (nSPS) is 12.7. The molecule has 0 saturated carbocycles. The number of allylic oxidation sites excluding steroid dienone is 4. The molecule has 1 aromatic heterocycles. The van der Waals surface area contributed by atoms with E-state index in [1.807, 2.05) is 86.7 Å². The number of hydrogen-bond donors (Lipinski definition) is 0. The van der Waals surface area contributed by atoms with E-state index >= 15 is 0 Å². The molecule has 7 nitrogen and oxygen atoms in total. The lowest BCUT2D eigenvalue weighted by molar-refractivity contribution is 0.0184. The molecule has 0 radical (unpaired) electrons. The smallest absolute Gasteiger partial charge is 0.428 e. The monoisotopic (exact) mass is 516 g/mol. The molecule has 0 saturated heterocycles. The summed E-state index contributed by atoms with van der Waals surface area (Å²) in [6.07, 6.45) is 6.34. The summed E-state index contributed by atoms with van der Waals surface area (Å²) in [6.45, 7) is 9.26. The van der Waals surface area contributed by atoms with Gasteiger partial charge in [0.1, 0.15) is 5.60 Å². The van der Waals surface area contributed by atoms with Gasteiger partial charge >= 0.3 is 11.8 Å². The van der Waals surface area contributed by atoms with Gasteiger partial charge in [0.25, 0.3) is 5.56 Å². The van der Waals surface area contributed by atoms with Gasteiger partial charge in [0, 0.05) is 12.1 Å². The first-order valence-electron chi connectivity index (χ1n) is 13.0. The summed E-state index contributed by atoms with van der Waals surface area (Å²) in [4.78, 5) is 40.4. The second kappa shape index (κ2) is 12.9. The van der Waals surface area contributed by atoms with Crippen LogP contribution in [0.25, 0.3) is 5.70 Å². The van der Waals surface area contributed by atoms with Crippen LogP contribution in [0, 0.1) is 0 Å². The van der Waals surface area contributed by atoms with Gasteiger partial charge in [-0.25, -0.2) is 14.2 Å². The van der Waals surface area contributed by atoms with E-state index in [1.54, 1.807) is 26.8 Å². The van der Waals surface area contributed by atoms with Gasteiger partial charge < -0.3 is 9.47 Å². The summed E-state index contributed by atoms with van der Waals surface area (Å²) >= 11 is 0. The fourth-order valence-corrected chi connectivity index (χ4v) is 4.00. The van der Waals surface area contributed by atoms with Crippen LogP contribution in [-0.4, -0.2) is 20.9 Å². The standard InChI is InChI=1S/C29H30N2O5.C2H6/c1-29(2,3)36-28(34)35-26-24(19-21-13-7-4-8-14-21)25(32)31(23-17-11-6-12-18-23)27(33)30(26)20-22-15-9-5-10-16-22;1-2/h4-5,7-11,13-18H,6,12,19-20H2,1-3H3;1-2H3. The molecule has 0 spiro atoms. The van der Waals surface area contributed by atoms with E-state index in [9.17, 15) is 14.4 Å². The minimum Gasteiger partial charge on any atom is -0.428 e. The maximum absolute atomic E-state index is 13.8. The highest BCUT2D eigenvalue weighted by atomic mass is 16.7. The predicted molar refractivity (Wildman–Crippen MR) is 151 cm³/mol. The molecule has 0 aliphatic heterocycles. The Morgan fingerprint density at radius 1 is 0.895 bits per heavy atom. The number of nitrogens with zero attached hydrogens (tertiary/aromatic N) is 2. The third-order valence-corrected chi connectivity index (χ3v) is 5.60. The van der Waals surface area contributed by atoms with Crippen molar-refractivity contribution in [1.82, 2.24) is 9.13 Å². The first-order chi connectivity index (χ1) is 18.2. The van der Waals surface area contributed by atoms with Crippen LogP contribution in [0.4, 0.5) is 4.79 Å². The molecule has 1 aliphatic rings. The van der Waals surface area contributed by atoms with E-state index in [0.29, 0.717) is 5.70 Å². The fraction of sp³-hybridized carbons (Fsp3) is 0.323. The second-order valence-electron chi connectivity index (χ2n) is 9.62. The highest BCUT2D eigenvalue weighted by Crippen LogP contribution is 2.22. The van der Waals surface area contributed by atoms with Gasteiger partial charge in [0.05, 0.1) is 12.1 Å². The van der Waals surface area contributed by atoms with Gasteiger partial charge in [-0.3, -0.25) is 9.36 Å². The third-order valence-electron chi connectivity index (χ3n) is 5.60. The summed E-state index contributed by atoms with van der Waals surface area (Å²) in [5, 5.41) is 0. The molecular weight excluding hydrogens is 480 g/mol. The van der Waals surface area contributed by atoms with Crippen LogP contribution in [0.3, 0.4) is 0 Å². The Morgan fingerprint density at radius 3 is 2.05 bits per heavy atom. The van der Waals surface area contributed by atoms with E-state index in [-0.39, 0.29) is 24.4 Å². The molecule has 4 rings (SSSR count). The van der Waals surface area contributed by atoms with Crippen LogP contribution >= 0.6 is 0 Å². The molecule has 0 unspecified atom stereocenters. The molecule has 1 aliphatic carbocycles. The van der Waals surface area contributed by atoms with Crippen LogP contribution in [-0.2, 0) is 17.7 Å². The molecule has 1 heterocycles. The maximum Gasteiger partial charge on any atom is 0.515 e. The molecule has 2 aromatic carbocycles. The number of benzene rings is 2. The predicted octanol–water partition coefficient (Wildman–Crippen LogP) is 6.18. The Balaban J connectivity index is 0.00000195. The van der Waals surface area contributed by atoms with E-state index in [2.05, 4.69) is 0 Å². The zero-order chi connectivity index (χ0) is 27.7. The van der Waals surface area contributed by atoms with Crippen molar-refractivity contribution in [2.24, 2.45) is 0 Å². The first-order valence-corrected chi connectivity index (χ1v) is 13.0. The topological polar surface area (TPSA) is 79.5 Å². The molecule has 0 atom stereocenters. The lowest BCUT2D eigenvalue weighted by atomic mass is 10.1. The van der Waals surface area contributed by atoms with Crippen molar-refractivity contribution in [2.75, 3.05) is 0 Å². The molecule has 38 heavy (non-hydrogen) atoms. The molecule has 0 bridgehead atoms. The van der Waals surface area contributed by atoms with Crippen LogP contribution in [0.1, 0.15) is 64.2 Å². The molecule has 0 fully saturated rings. The number of aromatic nitrogens is 2. The maximum atomic E-state index is 13.8. The Hall–Kier alpha value is -4.13. The minimum absolute atomic E-state index is 0.108. The number of hydrogen-bond acceptors (Lipinski definition) is 5. The van der Waals surface area contributed by atoms with Crippen LogP contribution in [0.15, 0.2) is 88.5 Å². The lowest BCUT2D eigenvalue weighted by Gasteiger charge is -2.22. The SMILES string of the molecule is CC.CC(C)(C)OC(=O)Oc1c(Cc2ccccc2)c(=O)n(C2=CCCC=C2)c(=O)n1Cc1ccccc1. The molecule has 200 valence electrons. The summed E-state index contributed by atoms with van der Waals surface area (Å²) in [7, 11) is 0. The zero-order valence-corrected chi connectivity index (χ0v) is 22.8. The molecule has 3 aromatic rings. The van der Waals surface area contributed by atoms with Crippen LogP contribution in [0.2, 0.25) is 0 Å². The molecule has 0 amide bonds. The van der Waals surface area contributed by atoms with Crippen molar-refractivity contribution in [3.8, 4) is 5.88 Å². The third kappa shape index (κ3) is 7.22. The van der Waals surface area contributed by atoms with Gasteiger partial charge in [-0.15, -0.1) is 0 Å². The fourth-order valence-electron chi connectivity index (χ4n) is 4.00. The van der Waals surface area contributed by atoms with E-state index in [1.165, 1.54) is 9.13 Å². The van der Waals surface area contributed by atoms with Gasteiger partial charge in [0.15, 0.2) is 0 Å². The molecular formula is C31H36N2O5. The Morgan fingerprint density at radius 2 is 1.50 bits per heavy atom. The van der Waals surface area contributed by atoms with Gasteiger partial charge in [-0.1, -0.05) is 86.7 Å². The van der Waals surface area contributed by atoms with Crippen molar-refractivity contribution in [3.63, 3.8) is 0 Å². The lowest BCUT2D eigenvalue weighted by Crippen LogP contribution is -2.43. The Labute approximate surface area is 223 Å². The zero-order valence-electron chi connectivity index (χ0n) is 22.8. The van der Waals surface area contributed by atoms with Crippen LogP contribution in [0.5, 0.6) is 5.88 Å². The van der Waals surface area contributed by atoms with Gasteiger partial charge in [-0.05, 0) is 50.8 Å². The largest absolute Gasteiger partial charge is 0.515 e. The highest BCUT2D eigenvalue weighted by Gasteiger charge is 2.27. The Kier molecular flexibility index (Phi) is 9.66. The minimum atomic E-state index is -0.980. The average Bonchev–Trinajstić information content (AvgIpc) is 2.90. The average molecular weight is 517 g/mol. The highest BCUT2D eigenvalue weighted by molar-refractivity contribution is 5.65. The molecule has 7 heteroatoms. The second-order valence-corrected chi connectivity index (χ2v) is 9.62. The first kappa shape index (κ1) is 28.4. The van der Waals surface area contributed by atoms with Crippen molar-refractivity contribution >= 4 is 11.9 Å². The van der Waals surface area contributed by atoms with Gasteiger partial charge in [0.2, 0.25) is 5.88 Å². The summed E-state index contributed by atoms with van der Waals surface area (Å²) in [5.41, 5.74) is 0.444. The van der Waals surface area contributed by atoms with Crippen molar-refractivity contribution in [1.29, 1.82) is 0 Å². The van der Waals surface area contributed by atoms with E-state index in [0.717, 1.165) is 24.0 Å². The molecule has 0 N–H and O–H groups in total. The number of carbonyl (C=O) groups excluding carboxylic acids is 1. The van der Waals surface area contributed by atoms with Crippen molar-refractivity contribution in [3.05, 3.63) is 116 Å². The Bertz CT molecular complexity index is 1330. The number of rotatable bonds is 6. The van der Waals surface area contributed by atoms with E-state index < -0.39 is 23.0 Å². The van der Waals surface area contributed by atoms with Crippen LogP contribution < -0.4 is 16.0 Å². The number of carbonyl (C=O) groups is 1. The van der Waals surface area contributed by atoms with Crippen molar-refractivity contribution in [2.45, 2.75) is 66.0 Å². The van der Waals surface area contributed by atoms with Gasteiger partial charge in [-0.2, -0.15) is 0 Å². The quantitative estimate of drug-likeness (QED) is 0.366. The van der Waals surface area contributed by atoms with Crippen molar-refractivity contribution < 1.29 is 14.3 Å². The summed E-state index contributed by atoms with van der Waals surface area (Å²) < 4.78 is 13.5. The summed E-state index contributed by atoms with van der Waals surface area (Å²) in [5.74, 6) is -0.108. The number of ether oxygens (including phenoxy) is 2. The summed E-state index contributed by atoms with van der Waals surface area (Å²) in [6, 6.07) is 18.7. The van der Waals surface area contributed by atoms with E-state index in [4.69, 9.17) is 9.47 Å².